The van der Waals surface area contributed by atoms with Gasteiger partial charge in [0.05, 0.1) is 11.1 Å². The highest BCUT2D eigenvalue weighted by Crippen LogP contribution is 2.36. The van der Waals surface area contributed by atoms with Crippen LogP contribution in [0.5, 0.6) is 0 Å². The highest BCUT2D eigenvalue weighted by atomic mass is 32.2. The highest BCUT2D eigenvalue weighted by molar-refractivity contribution is 7.98. The van der Waals surface area contributed by atoms with Crippen molar-refractivity contribution in [1.82, 2.24) is 9.97 Å². The lowest BCUT2D eigenvalue weighted by molar-refractivity contribution is 0.509. The molecule has 1 aromatic carbocycles. The van der Waals surface area contributed by atoms with Crippen molar-refractivity contribution in [2.45, 2.75) is 36.8 Å². The second kappa shape index (κ2) is 6.53. The number of H-pyrrole nitrogens is 1. The van der Waals surface area contributed by atoms with Crippen LogP contribution in [-0.4, -0.2) is 9.97 Å². The van der Waals surface area contributed by atoms with Crippen molar-refractivity contribution in [3.05, 3.63) is 56.5 Å². The fraction of sp³-hybridized carbons (Fsp3) is 0.333. The van der Waals surface area contributed by atoms with Crippen LogP contribution in [0.3, 0.4) is 0 Å². The molecule has 3 aromatic rings. The van der Waals surface area contributed by atoms with E-state index in [1.807, 2.05) is 0 Å². The average Bonchev–Trinajstić information content (AvgIpc) is 2.91. The third-order valence-electron chi connectivity index (χ3n) is 4.47. The van der Waals surface area contributed by atoms with Gasteiger partial charge in [0.15, 0.2) is 0 Å². The molecule has 0 bridgehead atoms. The molecule has 0 radical (unpaired) electrons. The van der Waals surface area contributed by atoms with Crippen LogP contribution in [0.1, 0.15) is 29.6 Å². The maximum absolute atomic E-state index is 13.7. The van der Waals surface area contributed by atoms with Crippen molar-refractivity contribution in [2.24, 2.45) is 5.92 Å². The van der Waals surface area contributed by atoms with E-state index in [1.165, 1.54) is 28.8 Å². The van der Waals surface area contributed by atoms with Gasteiger partial charge in [-0.3, -0.25) is 4.79 Å². The molecule has 1 N–H and O–H groups in total. The first-order valence-electron chi connectivity index (χ1n) is 8.12. The summed E-state index contributed by atoms with van der Waals surface area (Å²) >= 11 is 2.79. The Kier molecular flexibility index (Phi) is 4.37. The quantitative estimate of drug-likeness (QED) is 0.673. The predicted molar refractivity (Wildman–Crippen MR) is 97.3 cm³/mol. The number of thioether (sulfide) groups is 1. The summed E-state index contributed by atoms with van der Waals surface area (Å²) < 4.78 is 26.7. The number of hydrogen-bond acceptors (Lipinski definition) is 4. The Morgan fingerprint density at radius 2 is 2.24 bits per heavy atom. The van der Waals surface area contributed by atoms with Crippen molar-refractivity contribution in [2.75, 3.05) is 0 Å². The first-order chi connectivity index (χ1) is 12.0. The second-order valence-corrected chi connectivity index (χ2v) is 8.51. The van der Waals surface area contributed by atoms with Crippen LogP contribution in [-0.2, 0) is 18.6 Å². The number of aromatic amines is 1. The number of aryl methyl sites for hydroxylation is 1. The number of thiophene rings is 1. The van der Waals surface area contributed by atoms with Crippen LogP contribution in [0, 0.1) is 17.6 Å². The molecule has 1 aliphatic rings. The van der Waals surface area contributed by atoms with Gasteiger partial charge in [-0.2, -0.15) is 0 Å². The molecule has 0 amide bonds. The van der Waals surface area contributed by atoms with Gasteiger partial charge in [-0.05, 0) is 42.9 Å². The SMILES string of the molecule is C[C@@H]1CCc2c(sc3nc(CSc4ccc(F)cc4F)[nH]c(=O)c23)C1. The van der Waals surface area contributed by atoms with Crippen molar-refractivity contribution in [3.63, 3.8) is 0 Å². The standard InChI is InChI=1S/C18H16F2N2OS2/c1-9-2-4-11-14(6-9)25-18-16(11)17(23)21-15(22-18)8-24-13-5-3-10(19)7-12(13)20/h3,5,7,9H,2,4,6,8H2,1H3,(H,21,22,23)/t9-/m1/s1. The molecule has 0 saturated heterocycles. The zero-order valence-electron chi connectivity index (χ0n) is 13.6. The fourth-order valence-electron chi connectivity index (χ4n) is 3.20. The van der Waals surface area contributed by atoms with Gasteiger partial charge in [-0.1, -0.05) is 6.92 Å². The first-order valence-corrected chi connectivity index (χ1v) is 9.92. The van der Waals surface area contributed by atoms with Crippen molar-refractivity contribution in [1.29, 1.82) is 0 Å². The normalized spacial score (nSPS) is 17.0. The maximum atomic E-state index is 13.7. The van der Waals surface area contributed by atoms with Gasteiger partial charge in [-0.25, -0.2) is 13.8 Å². The molecule has 0 aliphatic heterocycles. The molecule has 0 spiro atoms. The second-order valence-electron chi connectivity index (χ2n) is 6.41. The minimum absolute atomic E-state index is 0.118. The summed E-state index contributed by atoms with van der Waals surface area (Å²) in [5, 5.41) is 0.716. The van der Waals surface area contributed by atoms with Crippen LogP contribution in [0.4, 0.5) is 8.78 Å². The zero-order chi connectivity index (χ0) is 17.6. The van der Waals surface area contributed by atoms with E-state index >= 15 is 0 Å². The van der Waals surface area contributed by atoms with Gasteiger partial charge in [-0.15, -0.1) is 23.1 Å². The van der Waals surface area contributed by atoms with Gasteiger partial charge >= 0.3 is 0 Å². The van der Waals surface area contributed by atoms with E-state index in [1.54, 1.807) is 11.3 Å². The predicted octanol–water partition coefficient (Wildman–Crippen LogP) is 4.68. The smallest absolute Gasteiger partial charge is 0.259 e. The molecule has 1 aliphatic carbocycles. The number of hydrogen-bond donors (Lipinski definition) is 1. The number of fused-ring (bicyclic) bond motifs is 3. The molecule has 2 heterocycles. The lowest BCUT2D eigenvalue weighted by atomic mass is 9.89. The third-order valence-corrected chi connectivity index (χ3v) is 6.68. The Morgan fingerprint density at radius 3 is 3.04 bits per heavy atom. The molecule has 4 rings (SSSR count). The Bertz CT molecular complexity index is 1010. The summed E-state index contributed by atoms with van der Waals surface area (Å²) in [5.74, 6) is 0.267. The molecule has 3 nitrogen and oxygen atoms in total. The van der Waals surface area contributed by atoms with Gasteiger partial charge in [0, 0.05) is 15.8 Å². The largest absolute Gasteiger partial charge is 0.309 e. The Balaban J connectivity index is 1.64. The van der Waals surface area contributed by atoms with Gasteiger partial charge < -0.3 is 4.98 Å². The van der Waals surface area contributed by atoms with Gasteiger partial charge in [0.1, 0.15) is 22.3 Å². The number of benzene rings is 1. The third kappa shape index (κ3) is 3.22. The van der Waals surface area contributed by atoms with Crippen LogP contribution in [0.15, 0.2) is 27.9 Å². The van der Waals surface area contributed by atoms with Crippen LogP contribution in [0.2, 0.25) is 0 Å². The minimum atomic E-state index is -0.604. The molecular formula is C18H16F2N2OS2. The number of nitrogens with one attached hydrogen (secondary N) is 1. The fourth-order valence-corrected chi connectivity index (χ4v) is 5.39. The first kappa shape index (κ1) is 16.7. The number of halogens is 2. The number of nitrogens with zero attached hydrogens (tertiary/aromatic N) is 1. The van der Waals surface area contributed by atoms with Crippen molar-refractivity contribution in [3.8, 4) is 0 Å². The Morgan fingerprint density at radius 1 is 1.40 bits per heavy atom. The van der Waals surface area contributed by atoms with E-state index in [-0.39, 0.29) is 5.56 Å². The summed E-state index contributed by atoms with van der Waals surface area (Å²) in [6.07, 6.45) is 3.02. The molecule has 130 valence electrons. The molecule has 0 saturated carbocycles. The zero-order valence-corrected chi connectivity index (χ0v) is 15.2. The minimum Gasteiger partial charge on any atom is -0.309 e. The van der Waals surface area contributed by atoms with Gasteiger partial charge in [0.2, 0.25) is 0 Å². The van der Waals surface area contributed by atoms with Crippen LogP contribution < -0.4 is 5.56 Å². The van der Waals surface area contributed by atoms with E-state index in [0.29, 0.717) is 27.8 Å². The van der Waals surface area contributed by atoms with Crippen molar-refractivity contribution >= 4 is 33.3 Å². The number of rotatable bonds is 3. The van der Waals surface area contributed by atoms with Crippen LogP contribution in [0.25, 0.3) is 10.2 Å². The Hall–Kier alpha value is -1.73. The molecule has 2 aromatic heterocycles. The van der Waals surface area contributed by atoms with Gasteiger partial charge in [0.25, 0.3) is 5.56 Å². The highest BCUT2D eigenvalue weighted by Gasteiger charge is 2.23. The average molecular weight is 378 g/mol. The monoisotopic (exact) mass is 378 g/mol. The van der Waals surface area contributed by atoms with Crippen molar-refractivity contribution < 1.29 is 8.78 Å². The maximum Gasteiger partial charge on any atom is 0.259 e. The molecule has 0 unspecified atom stereocenters. The molecule has 1 atom stereocenters. The van der Waals surface area contributed by atoms with E-state index in [0.717, 1.165) is 35.7 Å². The molecule has 7 heteroatoms. The summed E-state index contributed by atoms with van der Waals surface area (Å²) in [4.78, 5) is 22.3. The molecule has 25 heavy (non-hydrogen) atoms. The summed E-state index contributed by atoms with van der Waals surface area (Å²) in [7, 11) is 0. The summed E-state index contributed by atoms with van der Waals surface area (Å²) in [6, 6.07) is 3.48. The summed E-state index contributed by atoms with van der Waals surface area (Å²) in [6.45, 7) is 2.23. The lowest BCUT2D eigenvalue weighted by Gasteiger charge is -2.17. The van der Waals surface area contributed by atoms with E-state index in [2.05, 4.69) is 16.9 Å². The molecule has 0 fully saturated rings. The number of aromatic nitrogens is 2. The Labute approximate surface area is 151 Å². The lowest BCUT2D eigenvalue weighted by Crippen LogP contribution is -2.14. The van der Waals surface area contributed by atoms with E-state index in [9.17, 15) is 13.6 Å². The van der Waals surface area contributed by atoms with E-state index in [4.69, 9.17) is 0 Å². The molecular weight excluding hydrogens is 362 g/mol. The van der Waals surface area contributed by atoms with E-state index < -0.39 is 11.6 Å². The summed E-state index contributed by atoms with van der Waals surface area (Å²) in [5.41, 5.74) is 1.03. The van der Waals surface area contributed by atoms with Crippen LogP contribution >= 0.6 is 23.1 Å². The topological polar surface area (TPSA) is 45.8 Å².